The first kappa shape index (κ1) is 31.6. The maximum atomic E-state index is 14.7. The molecule has 3 aliphatic heterocycles. The van der Waals surface area contributed by atoms with E-state index in [4.69, 9.17) is 11.6 Å². The standard InChI is InChI=1S/C32H44ClN3O4S/c1-5-17-34(18-6-2)29(38)25-24-15-16-32(41-24)26(25)30(39)36(20-10-8-9-11-21-37)28(32)31(40)35(19-7-3)27-22(4)13-12-14-23(27)33/h5,7,12-14,24-26,28,37H,1,3,6,8-11,15-21H2,2,4H3/t24-,25+,26-,28?,32?/m0/s1. The molecule has 2 bridgehead atoms. The number of halogens is 1. The van der Waals surface area contributed by atoms with Gasteiger partial charge in [-0.1, -0.05) is 55.7 Å². The van der Waals surface area contributed by atoms with Gasteiger partial charge in [0.05, 0.1) is 27.3 Å². The van der Waals surface area contributed by atoms with Crippen LogP contribution in [0.4, 0.5) is 5.69 Å². The summed E-state index contributed by atoms with van der Waals surface area (Å²) in [6.45, 7) is 13.6. The van der Waals surface area contributed by atoms with Gasteiger partial charge in [0, 0.05) is 38.0 Å². The summed E-state index contributed by atoms with van der Waals surface area (Å²) in [5.74, 6) is -1.22. The molecular formula is C32H44ClN3O4S. The van der Waals surface area contributed by atoms with Crippen molar-refractivity contribution in [2.75, 3.05) is 37.7 Å². The molecule has 3 saturated heterocycles. The maximum absolute atomic E-state index is 14.7. The third-order valence-electron chi connectivity index (χ3n) is 8.82. The molecular weight excluding hydrogens is 558 g/mol. The highest BCUT2D eigenvalue weighted by atomic mass is 35.5. The SMILES string of the molecule is C=CCN(CCC)C(=O)[C@@H]1[C@@H]2CCC3(S2)C(C(=O)N(CC=C)c2c(C)cccc2Cl)N(CCCCCCO)C(=O)[C@H]13. The first-order chi connectivity index (χ1) is 19.8. The Hall–Kier alpha value is -2.29. The second-order valence-electron chi connectivity index (χ2n) is 11.4. The summed E-state index contributed by atoms with van der Waals surface area (Å²) in [6, 6.07) is 4.87. The van der Waals surface area contributed by atoms with Gasteiger partial charge in [-0.2, -0.15) is 0 Å². The lowest BCUT2D eigenvalue weighted by Gasteiger charge is -2.38. The van der Waals surface area contributed by atoms with Crippen LogP contribution in [0.3, 0.4) is 0 Å². The van der Waals surface area contributed by atoms with Crippen LogP contribution in [0.1, 0.15) is 57.4 Å². The fourth-order valence-electron chi connectivity index (χ4n) is 7.16. The number of carbonyl (C=O) groups is 3. The van der Waals surface area contributed by atoms with Crippen molar-refractivity contribution in [3.05, 3.63) is 54.1 Å². The van der Waals surface area contributed by atoms with Crippen LogP contribution < -0.4 is 4.90 Å². The van der Waals surface area contributed by atoms with E-state index in [2.05, 4.69) is 13.2 Å². The minimum absolute atomic E-state index is 0.00469. The highest BCUT2D eigenvalue weighted by Gasteiger charge is 2.74. The van der Waals surface area contributed by atoms with Crippen LogP contribution in [0.15, 0.2) is 43.5 Å². The molecule has 0 radical (unpaired) electrons. The number of para-hydroxylation sites is 1. The van der Waals surface area contributed by atoms with Crippen molar-refractivity contribution in [2.45, 2.75) is 74.8 Å². The molecule has 1 aromatic carbocycles. The van der Waals surface area contributed by atoms with Gasteiger partial charge in [0.2, 0.25) is 11.8 Å². The number of aryl methyl sites for hydroxylation is 1. The Morgan fingerprint density at radius 2 is 1.90 bits per heavy atom. The van der Waals surface area contributed by atoms with Gasteiger partial charge in [-0.15, -0.1) is 24.9 Å². The van der Waals surface area contributed by atoms with Gasteiger partial charge in [0.25, 0.3) is 5.91 Å². The molecule has 0 saturated carbocycles. The van der Waals surface area contributed by atoms with Crippen molar-refractivity contribution in [3.63, 3.8) is 0 Å². The molecule has 224 valence electrons. The number of aliphatic hydroxyl groups excluding tert-OH is 1. The van der Waals surface area contributed by atoms with E-state index in [-0.39, 0.29) is 36.1 Å². The van der Waals surface area contributed by atoms with Crippen molar-refractivity contribution in [1.29, 1.82) is 0 Å². The Morgan fingerprint density at radius 1 is 1.17 bits per heavy atom. The molecule has 7 nitrogen and oxygen atoms in total. The number of benzene rings is 1. The summed E-state index contributed by atoms with van der Waals surface area (Å²) in [7, 11) is 0. The average molecular weight is 602 g/mol. The first-order valence-corrected chi connectivity index (χ1v) is 16.2. The molecule has 9 heteroatoms. The van der Waals surface area contributed by atoms with E-state index >= 15 is 0 Å². The molecule has 3 aliphatic rings. The van der Waals surface area contributed by atoms with Crippen LogP contribution in [0.25, 0.3) is 0 Å². The first-order valence-electron chi connectivity index (χ1n) is 14.9. The van der Waals surface area contributed by atoms with Crippen LogP contribution in [0.5, 0.6) is 0 Å². The van der Waals surface area contributed by atoms with Gasteiger partial charge in [0.15, 0.2) is 0 Å². The quantitative estimate of drug-likeness (QED) is 0.220. The topological polar surface area (TPSA) is 81.2 Å². The Kier molecular flexibility index (Phi) is 10.6. The number of unbranched alkanes of at least 4 members (excludes halogenated alkanes) is 3. The molecule has 3 amide bonds. The van der Waals surface area contributed by atoms with Gasteiger partial charge >= 0.3 is 0 Å². The van der Waals surface area contributed by atoms with Crippen molar-refractivity contribution in [2.24, 2.45) is 11.8 Å². The second-order valence-corrected chi connectivity index (χ2v) is 13.4. The number of rotatable bonds is 15. The number of anilines is 1. The minimum atomic E-state index is -0.694. The summed E-state index contributed by atoms with van der Waals surface area (Å²) < 4.78 is -0.662. The molecule has 5 atom stereocenters. The van der Waals surface area contributed by atoms with Crippen molar-refractivity contribution >= 4 is 46.8 Å². The lowest BCUT2D eigenvalue weighted by atomic mass is 9.70. The summed E-state index contributed by atoms with van der Waals surface area (Å²) in [6.07, 6.45) is 8.94. The van der Waals surface area contributed by atoms with Crippen LogP contribution in [-0.4, -0.2) is 81.5 Å². The Labute approximate surface area is 254 Å². The predicted molar refractivity (Wildman–Crippen MR) is 167 cm³/mol. The number of hydrogen-bond donors (Lipinski definition) is 1. The number of fused-ring (bicyclic) bond motifs is 1. The Morgan fingerprint density at radius 3 is 2.56 bits per heavy atom. The van der Waals surface area contributed by atoms with Crippen LogP contribution in [0.2, 0.25) is 5.02 Å². The van der Waals surface area contributed by atoms with Crippen LogP contribution >= 0.6 is 23.4 Å². The van der Waals surface area contributed by atoms with Gasteiger partial charge in [-0.3, -0.25) is 14.4 Å². The number of thioether (sulfide) groups is 1. The number of carbonyl (C=O) groups excluding carboxylic acids is 3. The largest absolute Gasteiger partial charge is 0.396 e. The summed E-state index contributed by atoms with van der Waals surface area (Å²) in [5.41, 5.74) is 1.51. The number of likely N-dealkylation sites (tertiary alicyclic amines) is 1. The normalized spacial score (nSPS) is 26.2. The fourth-order valence-corrected chi connectivity index (χ4v) is 9.69. The number of hydrogen-bond acceptors (Lipinski definition) is 5. The van der Waals surface area contributed by atoms with Gasteiger partial charge in [0.1, 0.15) is 6.04 Å². The number of amides is 3. The molecule has 1 spiro atoms. The van der Waals surface area contributed by atoms with E-state index in [1.807, 2.05) is 30.9 Å². The smallest absolute Gasteiger partial charge is 0.251 e. The molecule has 3 fully saturated rings. The van der Waals surface area contributed by atoms with Crippen LogP contribution in [0, 0.1) is 18.8 Å². The molecule has 0 aliphatic carbocycles. The van der Waals surface area contributed by atoms with E-state index in [0.29, 0.717) is 36.8 Å². The molecule has 4 rings (SSSR count). The van der Waals surface area contributed by atoms with Crippen molar-refractivity contribution in [3.8, 4) is 0 Å². The monoisotopic (exact) mass is 601 g/mol. The number of nitrogens with zero attached hydrogens (tertiary/aromatic N) is 3. The summed E-state index contributed by atoms with van der Waals surface area (Å²) in [5, 5.41) is 9.69. The van der Waals surface area contributed by atoms with Gasteiger partial charge < -0.3 is 19.8 Å². The zero-order chi connectivity index (χ0) is 29.7. The second kappa shape index (κ2) is 13.8. The fraction of sp³-hybridized carbons (Fsp3) is 0.594. The molecule has 1 N–H and O–H groups in total. The zero-order valence-corrected chi connectivity index (χ0v) is 26.0. The molecule has 41 heavy (non-hydrogen) atoms. The summed E-state index contributed by atoms with van der Waals surface area (Å²) >= 11 is 8.36. The lowest BCUT2D eigenvalue weighted by Crippen LogP contribution is -2.55. The van der Waals surface area contributed by atoms with Gasteiger partial charge in [-0.25, -0.2) is 0 Å². The predicted octanol–water partition coefficient (Wildman–Crippen LogP) is 5.24. The molecule has 3 heterocycles. The molecule has 0 aromatic heterocycles. The third kappa shape index (κ3) is 5.84. The van der Waals surface area contributed by atoms with Crippen molar-refractivity contribution in [1.82, 2.24) is 9.80 Å². The van der Waals surface area contributed by atoms with E-state index < -0.39 is 22.6 Å². The highest BCUT2D eigenvalue weighted by Crippen LogP contribution is 2.66. The molecule has 1 aromatic rings. The summed E-state index contributed by atoms with van der Waals surface area (Å²) in [4.78, 5) is 48.4. The van der Waals surface area contributed by atoms with E-state index in [0.717, 1.165) is 44.1 Å². The third-order valence-corrected chi connectivity index (χ3v) is 11.1. The van der Waals surface area contributed by atoms with Gasteiger partial charge in [-0.05, 0) is 50.7 Å². The van der Waals surface area contributed by atoms with Crippen LogP contribution in [-0.2, 0) is 14.4 Å². The van der Waals surface area contributed by atoms with E-state index in [9.17, 15) is 19.5 Å². The maximum Gasteiger partial charge on any atom is 0.251 e. The number of aliphatic hydroxyl groups is 1. The zero-order valence-electron chi connectivity index (χ0n) is 24.4. The van der Waals surface area contributed by atoms with E-state index in [1.165, 1.54) is 0 Å². The average Bonchev–Trinajstić information content (AvgIpc) is 3.59. The molecule has 2 unspecified atom stereocenters. The Bertz CT molecular complexity index is 1140. The Balaban J connectivity index is 1.75. The van der Waals surface area contributed by atoms with Crippen molar-refractivity contribution < 1.29 is 19.5 Å². The minimum Gasteiger partial charge on any atom is -0.396 e. The highest BCUT2D eigenvalue weighted by molar-refractivity contribution is 8.02. The van der Waals surface area contributed by atoms with E-state index in [1.54, 1.807) is 39.8 Å². The lowest BCUT2D eigenvalue weighted by molar-refractivity contribution is -0.143.